The highest BCUT2D eigenvalue weighted by molar-refractivity contribution is 6.01. The van der Waals surface area contributed by atoms with Crippen molar-refractivity contribution < 1.29 is 9.59 Å². The summed E-state index contributed by atoms with van der Waals surface area (Å²) in [6, 6.07) is 1.84. The molecule has 2 heterocycles. The molecule has 0 saturated carbocycles. The van der Waals surface area contributed by atoms with E-state index in [9.17, 15) is 9.59 Å². The number of nitrogens with zero attached hydrogens (tertiary/aromatic N) is 3. The number of pyridine rings is 1. The highest BCUT2D eigenvalue weighted by Gasteiger charge is 2.16. The number of nitrogens with two attached hydrogens (primary N) is 1. The number of aromatic nitrogens is 3. The van der Waals surface area contributed by atoms with E-state index in [0.717, 1.165) is 11.1 Å². The van der Waals surface area contributed by atoms with Gasteiger partial charge in [-0.15, -0.1) is 0 Å². The third kappa shape index (κ3) is 3.44. The molecule has 0 aliphatic heterocycles. The Hall–Kier alpha value is -2.70. The van der Waals surface area contributed by atoms with E-state index in [0.29, 0.717) is 12.2 Å². The zero-order chi connectivity index (χ0) is 15.4. The molecule has 0 fully saturated rings. The van der Waals surface area contributed by atoms with Crippen molar-refractivity contribution in [3.05, 3.63) is 41.5 Å². The minimum Gasteiger partial charge on any atom is -0.364 e. The fraction of sp³-hybridized carbons (Fsp3) is 0.286. The molecule has 2 aromatic heterocycles. The van der Waals surface area contributed by atoms with Gasteiger partial charge in [-0.2, -0.15) is 5.10 Å². The maximum Gasteiger partial charge on any atom is 0.271 e. The van der Waals surface area contributed by atoms with Crippen LogP contribution in [0.3, 0.4) is 0 Å². The van der Waals surface area contributed by atoms with Gasteiger partial charge in [0.25, 0.3) is 5.91 Å². The van der Waals surface area contributed by atoms with Crippen LogP contribution in [0, 0.1) is 6.92 Å². The molecule has 2 aromatic rings. The van der Waals surface area contributed by atoms with Gasteiger partial charge < -0.3 is 11.1 Å². The minimum atomic E-state index is -0.671. The maximum absolute atomic E-state index is 12.1. The number of hydrogen-bond acceptors (Lipinski definition) is 4. The van der Waals surface area contributed by atoms with Crippen LogP contribution < -0.4 is 11.1 Å². The van der Waals surface area contributed by atoms with Gasteiger partial charge in [-0.05, 0) is 31.0 Å². The van der Waals surface area contributed by atoms with Crippen LogP contribution in [-0.2, 0) is 17.8 Å². The van der Waals surface area contributed by atoms with E-state index in [1.807, 2.05) is 19.9 Å². The molecule has 0 spiro atoms. The highest BCUT2D eigenvalue weighted by atomic mass is 16.2. The molecule has 0 bridgehead atoms. The molecule has 2 amide bonds. The monoisotopic (exact) mass is 287 g/mol. The van der Waals surface area contributed by atoms with Crippen LogP contribution in [0.15, 0.2) is 24.7 Å². The van der Waals surface area contributed by atoms with E-state index < -0.39 is 5.91 Å². The Morgan fingerprint density at radius 3 is 2.81 bits per heavy atom. The largest absolute Gasteiger partial charge is 0.364 e. The lowest BCUT2D eigenvalue weighted by Gasteiger charge is -2.06. The number of carbonyl (C=O) groups is 2. The Morgan fingerprint density at radius 1 is 1.43 bits per heavy atom. The quantitative estimate of drug-likeness (QED) is 0.852. The predicted molar refractivity (Wildman–Crippen MR) is 77.7 cm³/mol. The molecular weight excluding hydrogens is 270 g/mol. The topological polar surface area (TPSA) is 103 Å². The van der Waals surface area contributed by atoms with Crippen LogP contribution >= 0.6 is 0 Å². The van der Waals surface area contributed by atoms with Gasteiger partial charge in [0.2, 0.25) is 5.91 Å². The summed E-state index contributed by atoms with van der Waals surface area (Å²) in [7, 11) is 0. The number of aryl methyl sites for hydroxylation is 2. The van der Waals surface area contributed by atoms with Gasteiger partial charge in [-0.1, -0.05) is 0 Å². The van der Waals surface area contributed by atoms with Gasteiger partial charge >= 0.3 is 0 Å². The standard InChI is InChI=1S/C14H17N5O2/c1-3-19-8-11(13(18-19)14(15)21)17-12(20)6-10-7-16-5-4-9(10)2/h4-5,7-8H,3,6H2,1-2H3,(H2,15,21)(H,17,20). The molecule has 0 aliphatic carbocycles. The molecule has 0 saturated heterocycles. The lowest BCUT2D eigenvalue weighted by Crippen LogP contribution is -2.19. The first kappa shape index (κ1) is 14.7. The number of primary amides is 1. The van der Waals surface area contributed by atoms with Crippen LogP contribution in [0.2, 0.25) is 0 Å². The van der Waals surface area contributed by atoms with Gasteiger partial charge in [-0.3, -0.25) is 19.3 Å². The summed E-state index contributed by atoms with van der Waals surface area (Å²) in [4.78, 5) is 27.4. The van der Waals surface area contributed by atoms with Crippen molar-refractivity contribution in [3.63, 3.8) is 0 Å². The summed E-state index contributed by atoms with van der Waals surface area (Å²) in [5.74, 6) is -0.917. The molecule has 0 unspecified atom stereocenters. The zero-order valence-electron chi connectivity index (χ0n) is 12.0. The molecule has 0 aliphatic rings. The summed E-state index contributed by atoms with van der Waals surface area (Å²) >= 11 is 0. The average molecular weight is 287 g/mol. The number of amides is 2. The van der Waals surface area contributed by atoms with Crippen LogP contribution in [0.5, 0.6) is 0 Å². The predicted octanol–water partition coefficient (Wildman–Crippen LogP) is 0.887. The van der Waals surface area contributed by atoms with E-state index in [2.05, 4.69) is 15.4 Å². The second-order valence-corrected chi connectivity index (χ2v) is 4.64. The minimum absolute atomic E-state index is 0.0631. The number of carbonyl (C=O) groups excluding carboxylic acids is 2. The second-order valence-electron chi connectivity index (χ2n) is 4.64. The fourth-order valence-electron chi connectivity index (χ4n) is 1.91. The van der Waals surface area contributed by atoms with Crippen LogP contribution in [0.25, 0.3) is 0 Å². The molecule has 2 rings (SSSR count). The molecular formula is C14H17N5O2. The molecule has 0 radical (unpaired) electrons. The summed E-state index contributed by atoms with van der Waals surface area (Å²) in [6.45, 7) is 4.37. The van der Waals surface area contributed by atoms with Crippen molar-refractivity contribution in [3.8, 4) is 0 Å². The summed E-state index contributed by atoms with van der Waals surface area (Å²) < 4.78 is 1.55. The highest BCUT2D eigenvalue weighted by Crippen LogP contribution is 2.14. The SMILES string of the molecule is CCn1cc(NC(=O)Cc2cnccc2C)c(C(N)=O)n1. The zero-order valence-corrected chi connectivity index (χ0v) is 12.0. The summed E-state index contributed by atoms with van der Waals surface area (Å²) in [5.41, 5.74) is 7.47. The van der Waals surface area contributed by atoms with E-state index in [1.165, 1.54) is 0 Å². The van der Waals surface area contributed by atoms with E-state index in [-0.39, 0.29) is 18.0 Å². The maximum atomic E-state index is 12.1. The van der Waals surface area contributed by atoms with Gasteiger partial charge in [0.05, 0.1) is 12.1 Å². The Balaban J connectivity index is 2.14. The molecule has 0 aromatic carbocycles. The number of anilines is 1. The number of hydrogen-bond donors (Lipinski definition) is 2. The Bertz CT molecular complexity index is 678. The molecule has 0 atom stereocenters. The third-order valence-electron chi connectivity index (χ3n) is 3.09. The number of rotatable bonds is 5. The van der Waals surface area contributed by atoms with Crippen LogP contribution in [0.4, 0.5) is 5.69 Å². The van der Waals surface area contributed by atoms with Crippen molar-refractivity contribution in [1.82, 2.24) is 14.8 Å². The van der Waals surface area contributed by atoms with Crippen molar-refractivity contribution >= 4 is 17.5 Å². The summed E-state index contributed by atoms with van der Waals surface area (Å²) in [5, 5.41) is 6.69. The Morgan fingerprint density at radius 2 is 2.19 bits per heavy atom. The Kier molecular flexibility index (Phi) is 4.32. The molecule has 21 heavy (non-hydrogen) atoms. The first-order valence-electron chi connectivity index (χ1n) is 6.57. The molecule has 7 heteroatoms. The number of nitrogens with one attached hydrogen (secondary N) is 1. The van der Waals surface area contributed by atoms with E-state index in [4.69, 9.17) is 5.73 Å². The van der Waals surface area contributed by atoms with Crippen molar-refractivity contribution in [2.45, 2.75) is 26.8 Å². The van der Waals surface area contributed by atoms with Crippen LogP contribution in [0.1, 0.15) is 28.5 Å². The lowest BCUT2D eigenvalue weighted by atomic mass is 10.1. The van der Waals surface area contributed by atoms with Crippen molar-refractivity contribution in [1.29, 1.82) is 0 Å². The fourth-order valence-corrected chi connectivity index (χ4v) is 1.91. The first-order valence-corrected chi connectivity index (χ1v) is 6.57. The van der Waals surface area contributed by atoms with Gasteiger partial charge in [0.1, 0.15) is 0 Å². The van der Waals surface area contributed by atoms with Crippen molar-refractivity contribution in [2.24, 2.45) is 5.73 Å². The van der Waals surface area contributed by atoms with E-state index >= 15 is 0 Å². The Labute approximate surface area is 122 Å². The van der Waals surface area contributed by atoms with Crippen molar-refractivity contribution in [2.75, 3.05) is 5.32 Å². The van der Waals surface area contributed by atoms with E-state index in [1.54, 1.807) is 23.3 Å². The molecule has 7 nitrogen and oxygen atoms in total. The summed E-state index contributed by atoms with van der Waals surface area (Å²) in [6.07, 6.45) is 5.09. The second kappa shape index (κ2) is 6.17. The van der Waals surface area contributed by atoms with Gasteiger partial charge in [-0.25, -0.2) is 0 Å². The normalized spacial score (nSPS) is 10.4. The smallest absolute Gasteiger partial charge is 0.271 e. The molecule has 110 valence electrons. The van der Waals surface area contributed by atoms with Gasteiger partial charge in [0, 0.05) is 25.1 Å². The first-order chi connectivity index (χ1) is 10.0. The lowest BCUT2D eigenvalue weighted by molar-refractivity contribution is -0.115. The molecule has 3 N–H and O–H groups in total. The third-order valence-corrected chi connectivity index (χ3v) is 3.09. The van der Waals surface area contributed by atoms with Gasteiger partial charge in [0.15, 0.2) is 5.69 Å². The average Bonchev–Trinajstić information content (AvgIpc) is 2.84. The van der Waals surface area contributed by atoms with Crippen LogP contribution in [-0.4, -0.2) is 26.6 Å².